The summed E-state index contributed by atoms with van der Waals surface area (Å²) < 4.78 is 18.5. The molecule has 0 aliphatic heterocycles. The van der Waals surface area contributed by atoms with E-state index < -0.39 is 0 Å². The standard InChI is InChI=1S/C18H16FN3O2/c1-10-8-14(19)5-6-15(10)18(23)22-16-7-4-13(9-20-16)17-11(2)24-12(3)21-17/h4-9H,1-3H3,(H,20,22,23). The molecule has 0 fully saturated rings. The third kappa shape index (κ3) is 3.17. The zero-order valence-electron chi connectivity index (χ0n) is 13.6. The monoisotopic (exact) mass is 325 g/mol. The first kappa shape index (κ1) is 15.9. The van der Waals surface area contributed by atoms with E-state index in [2.05, 4.69) is 15.3 Å². The second kappa shape index (κ2) is 6.23. The fraction of sp³-hybridized carbons (Fsp3) is 0.167. The van der Waals surface area contributed by atoms with Crippen LogP contribution in [0.3, 0.4) is 0 Å². The molecule has 0 spiro atoms. The molecule has 3 aromatic rings. The molecule has 6 heteroatoms. The normalized spacial score (nSPS) is 10.7. The number of nitrogens with one attached hydrogen (secondary N) is 1. The number of aromatic nitrogens is 2. The number of halogens is 1. The van der Waals surface area contributed by atoms with E-state index in [4.69, 9.17) is 4.42 Å². The van der Waals surface area contributed by atoms with E-state index in [0.717, 1.165) is 11.3 Å². The molecule has 0 aliphatic carbocycles. The second-order valence-corrected chi connectivity index (χ2v) is 5.48. The van der Waals surface area contributed by atoms with E-state index in [1.54, 1.807) is 26.1 Å². The van der Waals surface area contributed by atoms with Crippen LogP contribution in [0.2, 0.25) is 0 Å². The molecule has 0 aliphatic rings. The van der Waals surface area contributed by atoms with Crippen LogP contribution in [-0.4, -0.2) is 15.9 Å². The van der Waals surface area contributed by atoms with Crippen LogP contribution in [0.15, 0.2) is 40.9 Å². The summed E-state index contributed by atoms with van der Waals surface area (Å²) in [6, 6.07) is 7.53. The van der Waals surface area contributed by atoms with Gasteiger partial charge >= 0.3 is 0 Å². The van der Waals surface area contributed by atoms with E-state index >= 15 is 0 Å². The van der Waals surface area contributed by atoms with Crippen LogP contribution in [-0.2, 0) is 0 Å². The van der Waals surface area contributed by atoms with Gasteiger partial charge in [0, 0.05) is 24.2 Å². The molecule has 0 unspecified atom stereocenters. The molecule has 0 saturated carbocycles. The second-order valence-electron chi connectivity index (χ2n) is 5.48. The number of pyridine rings is 1. The van der Waals surface area contributed by atoms with Gasteiger partial charge in [-0.05, 0) is 49.7 Å². The molecule has 0 saturated heterocycles. The van der Waals surface area contributed by atoms with Crippen molar-refractivity contribution in [1.82, 2.24) is 9.97 Å². The van der Waals surface area contributed by atoms with Crippen LogP contribution in [0.4, 0.5) is 10.2 Å². The third-order valence-corrected chi connectivity index (χ3v) is 3.62. The molecule has 0 bridgehead atoms. The number of carbonyl (C=O) groups excluding carboxylic acids is 1. The molecule has 2 aromatic heterocycles. The van der Waals surface area contributed by atoms with Gasteiger partial charge in [0.2, 0.25) is 0 Å². The van der Waals surface area contributed by atoms with Crippen molar-refractivity contribution in [3.05, 3.63) is 65.1 Å². The van der Waals surface area contributed by atoms with Crippen molar-refractivity contribution in [3.8, 4) is 11.3 Å². The van der Waals surface area contributed by atoms with Gasteiger partial charge < -0.3 is 9.73 Å². The van der Waals surface area contributed by atoms with Crippen molar-refractivity contribution in [2.75, 3.05) is 5.32 Å². The number of hydrogen-bond donors (Lipinski definition) is 1. The van der Waals surface area contributed by atoms with Crippen molar-refractivity contribution in [2.45, 2.75) is 20.8 Å². The maximum absolute atomic E-state index is 13.1. The van der Waals surface area contributed by atoms with Crippen LogP contribution < -0.4 is 5.32 Å². The van der Waals surface area contributed by atoms with Crippen molar-refractivity contribution < 1.29 is 13.6 Å². The van der Waals surface area contributed by atoms with Crippen LogP contribution in [0.5, 0.6) is 0 Å². The highest BCUT2D eigenvalue weighted by Crippen LogP contribution is 2.23. The minimum atomic E-state index is -0.371. The number of anilines is 1. The highest BCUT2D eigenvalue weighted by atomic mass is 19.1. The lowest BCUT2D eigenvalue weighted by Gasteiger charge is -2.07. The van der Waals surface area contributed by atoms with Gasteiger partial charge in [0.1, 0.15) is 23.1 Å². The van der Waals surface area contributed by atoms with E-state index in [1.807, 2.05) is 13.0 Å². The molecule has 5 nitrogen and oxygen atoms in total. The molecular formula is C18H16FN3O2. The Hall–Kier alpha value is -3.02. The molecule has 1 N–H and O–H groups in total. The van der Waals surface area contributed by atoms with Gasteiger partial charge in [-0.2, -0.15) is 0 Å². The highest BCUT2D eigenvalue weighted by Gasteiger charge is 2.12. The van der Waals surface area contributed by atoms with Crippen LogP contribution in [0.25, 0.3) is 11.3 Å². The lowest BCUT2D eigenvalue weighted by molar-refractivity contribution is 0.102. The Balaban J connectivity index is 1.79. The number of benzene rings is 1. The first-order chi connectivity index (χ1) is 11.4. The Kier molecular flexibility index (Phi) is 4.12. The molecular weight excluding hydrogens is 309 g/mol. The summed E-state index contributed by atoms with van der Waals surface area (Å²) in [4.78, 5) is 20.8. The number of amides is 1. The summed E-state index contributed by atoms with van der Waals surface area (Å²) in [5, 5.41) is 2.70. The van der Waals surface area contributed by atoms with Gasteiger partial charge in [0.05, 0.1) is 0 Å². The third-order valence-electron chi connectivity index (χ3n) is 3.62. The predicted octanol–water partition coefficient (Wildman–Crippen LogP) is 4.05. The highest BCUT2D eigenvalue weighted by molar-refractivity contribution is 6.04. The molecule has 24 heavy (non-hydrogen) atoms. The molecule has 0 radical (unpaired) electrons. The van der Waals surface area contributed by atoms with Crippen molar-refractivity contribution in [1.29, 1.82) is 0 Å². The Morgan fingerprint density at radius 1 is 1.17 bits per heavy atom. The van der Waals surface area contributed by atoms with Gasteiger partial charge in [0.15, 0.2) is 5.89 Å². The maximum Gasteiger partial charge on any atom is 0.257 e. The maximum atomic E-state index is 13.1. The average Bonchev–Trinajstić information content (AvgIpc) is 2.86. The molecule has 2 heterocycles. The fourth-order valence-corrected chi connectivity index (χ4v) is 2.47. The van der Waals surface area contributed by atoms with E-state index in [9.17, 15) is 9.18 Å². The van der Waals surface area contributed by atoms with Crippen molar-refractivity contribution in [3.63, 3.8) is 0 Å². The minimum Gasteiger partial charge on any atom is -0.446 e. The minimum absolute atomic E-state index is 0.332. The predicted molar refractivity (Wildman–Crippen MR) is 88.3 cm³/mol. The molecule has 122 valence electrons. The number of rotatable bonds is 3. The fourth-order valence-electron chi connectivity index (χ4n) is 2.47. The number of oxazole rings is 1. The Morgan fingerprint density at radius 3 is 2.54 bits per heavy atom. The summed E-state index contributed by atoms with van der Waals surface area (Å²) >= 11 is 0. The number of nitrogens with zero attached hydrogens (tertiary/aromatic N) is 2. The lowest BCUT2D eigenvalue weighted by Crippen LogP contribution is -2.14. The summed E-state index contributed by atoms with van der Waals surface area (Å²) in [6.07, 6.45) is 1.62. The SMILES string of the molecule is Cc1nc(-c2ccc(NC(=O)c3ccc(F)cc3C)nc2)c(C)o1. The van der Waals surface area contributed by atoms with E-state index in [-0.39, 0.29) is 11.7 Å². The smallest absolute Gasteiger partial charge is 0.257 e. The molecule has 1 amide bonds. The van der Waals surface area contributed by atoms with E-state index in [1.165, 1.54) is 18.2 Å². The Labute approximate surface area is 138 Å². The molecule has 3 rings (SSSR count). The van der Waals surface area contributed by atoms with Crippen LogP contribution >= 0.6 is 0 Å². The van der Waals surface area contributed by atoms with Gasteiger partial charge in [-0.3, -0.25) is 4.79 Å². The zero-order valence-corrected chi connectivity index (χ0v) is 13.6. The quantitative estimate of drug-likeness (QED) is 0.788. The van der Waals surface area contributed by atoms with Gasteiger partial charge in [-0.1, -0.05) is 0 Å². The van der Waals surface area contributed by atoms with E-state index in [0.29, 0.717) is 28.6 Å². The summed E-state index contributed by atoms with van der Waals surface area (Å²) in [5.41, 5.74) is 2.51. The van der Waals surface area contributed by atoms with Gasteiger partial charge in [-0.25, -0.2) is 14.4 Å². The summed E-state index contributed by atoms with van der Waals surface area (Å²) in [7, 11) is 0. The zero-order chi connectivity index (χ0) is 17.3. The molecule has 0 atom stereocenters. The lowest BCUT2D eigenvalue weighted by atomic mass is 10.1. The Morgan fingerprint density at radius 2 is 1.96 bits per heavy atom. The number of carbonyl (C=O) groups is 1. The van der Waals surface area contributed by atoms with Gasteiger partial charge in [0.25, 0.3) is 5.91 Å². The summed E-state index contributed by atoms with van der Waals surface area (Å²) in [5.74, 6) is 1.01. The van der Waals surface area contributed by atoms with Crippen LogP contribution in [0, 0.1) is 26.6 Å². The van der Waals surface area contributed by atoms with Crippen LogP contribution in [0.1, 0.15) is 27.6 Å². The van der Waals surface area contributed by atoms with Gasteiger partial charge in [-0.15, -0.1) is 0 Å². The van der Waals surface area contributed by atoms with Crippen molar-refractivity contribution in [2.24, 2.45) is 0 Å². The first-order valence-corrected chi connectivity index (χ1v) is 7.42. The topological polar surface area (TPSA) is 68.0 Å². The Bertz CT molecular complexity index is 901. The summed E-state index contributed by atoms with van der Waals surface area (Å²) in [6.45, 7) is 5.30. The first-order valence-electron chi connectivity index (χ1n) is 7.42. The van der Waals surface area contributed by atoms with Crippen molar-refractivity contribution >= 4 is 11.7 Å². The largest absolute Gasteiger partial charge is 0.446 e. The number of aryl methyl sites for hydroxylation is 3. The average molecular weight is 325 g/mol. The molecule has 1 aromatic carbocycles. The number of hydrogen-bond acceptors (Lipinski definition) is 4.